The van der Waals surface area contributed by atoms with Gasteiger partial charge in [-0.15, -0.1) is 0 Å². The minimum absolute atomic E-state index is 0.103. The number of esters is 2. The number of hydrogen-bond donors (Lipinski definition) is 0. The molecule has 0 saturated heterocycles. The summed E-state index contributed by atoms with van der Waals surface area (Å²) < 4.78 is 19.9. The molecule has 0 amide bonds. The summed E-state index contributed by atoms with van der Waals surface area (Å²) in [5.74, 6) is -1.20. The van der Waals surface area contributed by atoms with Crippen molar-refractivity contribution in [1.29, 1.82) is 0 Å². The number of carbonyl (C=O) groups is 4. The Bertz CT molecular complexity index is 414. The molecular formula is C20H38O8Ti. The van der Waals surface area contributed by atoms with Gasteiger partial charge in [-0.3, -0.25) is 19.2 Å². The summed E-state index contributed by atoms with van der Waals surface area (Å²) in [5, 5.41) is 0. The van der Waals surface area contributed by atoms with E-state index in [1.165, 1.54) is 13.8 Å². The van der Waals surface area contributed by atoms with Crippen LogP contribution in [0.25, 0.3) is 0 Å². The predicted molar refractivity (Wildman–Crippen MR) is 106 cm³/mol. The van der Waals surface area contributed by atoms with Crippen LogP contribution in [0.15, 0.2) is 0 Å². The van der Waals surface area contributed by atoms with Crippen LogP contribution in [0.1, 0.15) is 81.1 Å². The number of hydrogen-bond acceptors (Lipinski definition) is 8. The molecule has 29 heavy (non-hydrogen) atoms. The van der Waals surface area contributed by atoms with Gasteiger partial charge in [0.05, 0.1) is 13.2 Å². The third-order valence-corrected chi connectivity index (χ3v) is 4.60. The summed E-state index contributed by atoms with van der Waals surface area (Å²) in [6, 6.07) is 0. The average Bonchev–Trinajstić information content (AvgIpc) is 2.61. The molecule has 170 valence electrons. The summed E-state index contributed by atoms with van der Waals surface area (Å²) >= 11 is -0.592. The Labute approximate surface area is 185 Å². The molecule has 8 nitrogen and oxygen atoms in total. The van der Waals surface area contributed by atoms with E-state index < -0.39 is 31.9 Å². The van der Waals surface area contributed by atoms with Crippen LogP contribution in [0.4, 0.5) is 0 Å². The van der Waals surface area contributed by atoms with Crippen molar-refractivity contribution < 1.29 is 55.2 Å². The van der Waals surface area contributed by atoms with Crippen molar-refractivity contribution in [3.63, 3.8) is 0 Å². The van der Waals surface area contributed by atoms with Crippen LogP contribution in [-0.4, -0.2) is 48.9 Å². The first kappa shape index (κ1) is 32.6. The summed E-state index contributed by atoms with van der Waals surface area (Å²) in [5.41, 5.74) is 0. The van der Waals surface area contributed by atoms with E-state index >= 15 is 0 Å². The average molecular weight is 454 g/mol. The minimum atomic E-state index is -0.592. The summed E-state index contributed by atoms with van der Waals surface area (Å²) in [7, 11) is 0. The standard InChI is InChI=1S/2C6H10O3.2C4H9O.Ti/c2*1-3-9-6(8)4-5(2)7;2*1-3-4(2)5;/h2*3-4H2,1-2H3;2*4H,3H2,1-2H3;/q;;2*-1;+2. The second kappa shape index (κ2) is 23.2. The van der Waals surface area contributed by atoms with Crippen LogP contribution in [0, 0.1) is 0 Å². The molecule has 0 fully saturated rings. The molecule has 0 aliphatic rings. The van der Waals surface area contributed by atoms with Crippen molar-refractivity contribution in [2.45, 2.75) is 93.3 Å². The molecule has 0 saturated carbocycles. The first-order valence-electron chi connectivity index (χ1n) is 9.90. The smallest absolute Gasteiger partial charge is 0.313 e. The molecule has 0 radical (unpaired) electrons. The molecule has 0 aromatic heterocycles. The van der Waals surface area contributed by atoms with Gasteiger partial charge in [0, 0.05) is 0 Å². The van der Waals surface area contributed by atoms with E-state index in [-0.39, 0.29) is 24.4 Å². The molecule has 0 aromatic rings. The van der Waals surface area contributed by atoms with Gasteiger partial charge < -0.3 is 9.47 Å². The Hall–Kier alpha value is -1.09. The van der Waals surface area contributed by atoms with E-state index in [2.05, 4.69) is 37.2 Å². The third kappa shape index (κ3) is 31.8. The molecule has 0 N–H and O–H groups in total. The Kier molecular flexibility index (Phi) is 26.1. The molecule has 2 atom stereocenters. The third-order valence-electron chi connectivity index (χ3n) is 3.05. The topological polar surface area (TPSA) is 105 Å². The fourth-order valence-corrected chi connectivity index (χ4v) is 2.31. The van der Waals surface area contributed by atoms with Crippen LogP contribution in [0.2, 0.25) is 0 Å². The van der Waals surface area contributed by atoms with Crippen LogP contribution in [-0.2, 0) is 55.2 Å². The SMILES string of the molecule is CCC(C)[O][Ti][O]C(C)CC.CCOC(=O)CC(C)=O.CCOC(=O)CC(C)=O. The Morgan fingerprint density at radius 3 is 1.21 bits per heavy atom. The fraction of sp³-hybridized carbons (Fsp3) is 0.800. The van der Waals surface area contributed by atoms with Crippen LogP contribution in [0.5, 0.6) is 0 Å². The van der Waals surface area contributed by atoms with E-state index in [1.54, 1.807) is 13.8 Å². The van der Waals surface area contributed by atoms with Gasteiger partial charge in [-0.25, -0.2) is 0 Å². The zero-order chi connectivity index (χ0) is 23.2. The Morgan fingerprint density at radius 2 is 1.00 bits per heavy atom. The maximum Gasteiger partial charge on any atom is 0.313 e. The van der Waals surface area contributed by atoms with Crippen LogP contribution in [0.3, 0.4) is 0 Å². The molecule has 0 rings (SSSR count). The number of ether oxygens (including phenoxy) is 2. The van der Waals surface area contributed by atoms with Gasteiger partial charge in [0.15, 0.2) is 0 Å². The van der Waals surface area contributed by atoms with Gasteiger partial charge in [-0.1, -0.05) is 0 Å². The zero-order valence-corrected chi connectivity index (χ0v) is 20.7. The molecule has 0 spiro atoms. The monoisotopic (exact) mass is 454 g/mol. The van der Waals surface area contributed by atoms with Gasteiger partial charge in [0.1, 0.15) is 24.4 Å². The Morgan fingerprint density at radius 1 is 0.690 bits per heavy atom. The first-order chi connectivity index (χ1) is 13.5. The normalized spacial score (nSPS) is 11.4. The molecule has 0 heterocycles. The maximum atomic E-state index is 10.4. The number of carbonyl (C=O) groups excluding carboxylic acids is 4. The number of ketones is 2. The van der Waals surface area contributed by atoms with Gasteiger partial charge >= 0.3 is 91.2 Å². The number of Topliss-reactive ketones (excluding diaryl/α,β-unsaturated/α-hetero) is 2. The van der Waals surface area contributed by atoms with Crippen molar-refractivity contribution in [3.05, 3.63) is 0 Å². The first-order valence-corrected chi connectivity index (χ1v) is 11.2. The van der Waals surface area contributed by atoms with Gasteiger partial charge in [-0.2, -0.15) is 0 Å². The van der Waals surface area contributed by atoms with E-state index in [9.17, 15) is 19.2 Å². The molecule has 0 aliphatic carbocycles. The molecule has 9 heteroatoms. The van der Waals surface area contributed by atoms with Gasteiger partial charge in [-0.05, 0) is 27.7 Å². The van der Waals surface area contributed by atoms with Crippen molar-refractivity contribution in [3.8, 4) is 0 Å². The summed E-state index contributed by atoms with van der Waals surface area (Å²) in [6.07, 6.45) is 2.70. The minimum Gasteiger partial charge on any atom is -0.466 e. The second-order valence-electron chi connectivity index (χ2n) is 6.12. The van der Waals surface area contributed by atoms with Crippen LogP contribution >= 0.6 is 0 Å². The molecule has 0 bridgehead atoms. The van der Waals surface area contributed by atoms with E-state index in [0.29, 0.717) is 25.4 Å². The quantitative estimate of drug-likeness (QED) is 0.250. The predicted octanol–water partition coefficient (Wildman–Crippen LogP) is 3.59. The summed E-state index contributed by atoms with van der Waals surface area (Å²) in [4.78, 5) is 41.3. The van der Waals surface area contributed by atoms with Crippen molar-refractivity contribution in [1.82, 2.24) is 0 Å². The van der Waals surface area contributed by atoms with E-state index in [1.807, 2.05) is 0 Å². The van der Waals surface area contributed by atoms with E-state index in [4.69, 9.17) is 6.64 Å². The summed E-state index contributed by atoms with van der Waals surface area (Å²) in [6.45, 7) is 15.2. The fourth-order valence-electron chi connectivity index (χ4n) is 1.19. The number of rotatable bonds is 12. The molecule has 0 aliphatic heterocycles. The van der Waals surface area contributed by atoms with Crippen LogP contribution < -0.4 is 0 Å². The van der Waals surface area contributed by atoms with Gasteiger partial charge in [0.2, 0.25) is 0 Å². The molecule has 0 aromatic carbocycles. The Balaban J connectivity index is -0.000000352. The van der Waals surface area contributed by atoms with Crippen molar-refractivity contribution in [2.24, 2.45) is 0 Å². The van der Waals surface area contributed by atoms with Crippen molar-refractivity contribution >= 4 is 23.5 Å². The maximum absolute atomic E-state index is 10.4. The molecular weight excluding hydrogens is 416 g/mol. The second-order valence-corrected chi connectivity index (χ2v) is 7.12. The largest absolute Gasteiger partial charge is 0.466 e. The molecule has 2 unspecified atom stereocenters. The van der Waals surface area contributed by atoms with E-state index in [0.717, 1.165) is 12.8 Å². The van der Waals surface area contributed by atoms with Crippen molar-refractivity contribution in [2.75, 3.05) is 13.2 Å². The van der Waals surface area contributed by atoms with Gasteiger partial charge in [0.25, 0.3) is 0 Å². The zero-order valence-electron chi connectivity index (χ0n) is 19.2.